The van der Waals surface area contributed by atoms with E-state index in [9.17, 15) is 19.2 Å². The third kappa shape index (κ3) is 3.29. The summed E-state index contributed by atoms with van der Waals surface area (Å²) in [5.74, 6) is -2.43. The van der Waals surface area contributed by atoms with Gasteiger partial charge in [0.15, 0.2) is 22.8 Å². The highest BCUT2D eigenvalue weighted by atomic mass is 35.5. The van der Waals surface area contributed by atoms with E-state index in [2.05, 4.69) is 6.92 Å². The smallest absolute Gasteiger partial charge is 0.306 e. The molecule has 190 valence electrons. The van der Waals surface area contributed by atoms with Gasteiger partial charge < -0.3 is 4.74 Å². The van der Waals surface area contributed by atoms with E-state index in [4.69, 9.17) is 16.3 Å². The zero-order chi connectivity index (χ0) is 25.1. The summed E-state index contributed by atoms with van der Waals surface area (Å²) < 4.78 is 23.3. The minimum Gasteiger partial charge on any atom is -0.450 e. The van der Waals surface area contributed by atoms with Crippen LogP contribution in [-0.2, 0) is 23.9 Å². The van der Waals surface area contributed by atoms with Crippen LogP contribution in [0.3, 0.4) is 0 Å². The van der Waals surface area contributed by atoms with Crippen molar-refractivity contribution in [2.24, 2.45) is 34.5 Å². The molecule has 0 bridgehead atoms. The van der Waals surface area contributed by atoms with Crippen LogP contribution in [0.1, 0.15) is 91.9 Å². The lowest BCUT2D eigenvalue weighted by Gasteiger charge is -2.64. The third-order valence-corrected chi connectivity index (χ3v) is 10.6. The van der Waals surface area contributed by atoms with Crippen molar-refractivity contribution in [1.82, 2.24) is 0 Å². The Hall–Kier alpha value is -1.30. The van der Waals surface area contributed by atoms with Crippen LogP contribution < -0.4 is 0 Å². The molecule has 0 radical (unpaired) electrons. The van der Waals surface area contributed by atoms with Crippen LogP contribution in [0.5, 0.6) is 0 Å². The van der Waals surface area contributed by atoms with E-state index in [1.807, 2.05) is 20.8 Å². The monoisotopic (exact) mass is 496 g/mol. The Kier molecular flexibility index (Phi) is 6.58. The largest absolute Gasteiger partial charge is 0.450 e. The van der Waals surface area contributed by atoms with Gasteiger partial charge in [-0.25, -0.2) is 4.39 Å². The van der Waals surface area contributed by atoms with E-state index in [0.717, 1.165) is 6.42 Å². The first-order chi connectivity index (χ1) is 15.9. The molecule has 0 unspecified atom stereocenters. The predicted octanol–water partition coefficient (Wildman–Crippen LogP) is 5.40. The fraction of sp³-hybridized carbons (Fsp3) is 0.852. The summed E-state index contributed by atoms with van der Waals surface area (Å²) in [7, 11) is 0. The fourth-order valence-corrected chi connectivity index (χ4v) is 8.77. The average molecular weight is 497 g/mol. The Morgan fingerprint density at radius 2 is 1.82 bits per heavy atom. The number of hydrogen-bond acceptors (Lipinski definition) is 5. The lowest BCUT2D eigenvalue weighted by atomic mass is 9.41. The standard InChI is InChI=1S/C27H38ClFO5/c1-5-6-7-23(33)34-26(22(32)15-28)11-9-18-20-12-16(2)19-13-17(30)8-10-24(19,3)27(20,29)21(31)14-25(18,26)4/h16,18-20H,5-15H2,1-4H3/t16-,18-,19-,20-,24-,25-,26+,27-/m0/s1. The lowest BCUT2D eigenvalue weighted by molar-refractivity contribution is -0.219. The van der Waals surface area contributed by atoms with Crippen molar-refractivity contribution >= 4 is 34.9 Å². The normalized spacial score (nSPS) is 45.8. The van der Waals surface area contributed by atoms with E-state index in [1.165, 1.54) is 0 Å². The zero-order valence-electron chi connectivity index (χ0n) is 20.9. The summed E-state index contributed by atoms with van der Waals surface area (Å²) >= 11 is 6.02. The number of rotatable bonds is 6. The first-order valence-electron chi connectivity index (χ1n) is 13.0. The number of unbranched alkanes of at least 4 members (excludes halogenated alkanes) is 1. The summed E-state index contributed by atoms with van der Waals surface area (Å²) in [6.07, 6.45) is 3.78. The highest BCUT2D eigenvalue weighted by Crippen LogP contribution is 2.71. The lowest BCUT2D eigenvalue weighted by Crippen LogP contribution is -2.71. The van der Waals surface area contributed by atoms with Crippen molar-refractivity contribution in [1.29, 1.82) is 0 Å². The quantitative estimate of drug-likeness (QED) is 0.363. The summed E-state index contributed by atoms with van der Waals surface area (Å²) in [6, 6.07) is 0. The highest BCUT2D eigenvalue weighted by molar-refractivity contribution is 6.29. The number of hydrogen-bond donors (Lipinski definition) is 0. The molecule has 4 rings (SSSR count). The van der Waals surface area contributed by atoms with Gasteiger partial charge in [0, 0.05) is 42.4 Å². The van der Waals surface area contributed by atoms with Gasteiger partial charge in [-0.05, 0) is 49.9 Å². The molecule has 0 spiro atoms. The molecule has 0 amide bonds. The molecular formula is C27H38ClFO5. The second-order valence-electron chi connectivity index (χ2n) is 11.9. The number of esters is 1. The molecule has 0 heterocycles. The van der Waals surface area contributed by atoms with Crippen molar-refractivity contribution in [3.8, 4) is 0 Å². The van der Waals surface area contributed by atoms with Gasteiger partial charge in [-0.2, -0.15) is 0 Å². The van der Waals surface area contributed by atoms with Gasteiger partial charge in [0.05, 0.1) is 5.88 Å². The van der Waals surface area contributed by atoms with Gasteiger partial charge in [-0.15, -0.1) is 11.6 Å². The van der Waals surface area contributed by atoms with Crippen LogP contribution in [0.25, 0.3) is 0 Å². The summed E-state index contributed by atoms with van der Waals surface area (Å²) in [5, 5.41) is 0. The number of ether oxygens (including phenoxy) is 1. The van der Waals surface area contributed by atoms with E-state index in [-0.39, 0.29) is 54.5 Å². The summed E-state index contributed by atoms with van der Waals surface area (Å²) in [6.45, 7) is 7.74. The van der Waals surface area contributed by atoms with Crippen molar-refractivity contribution in [3.05, 3.63) is 0 Å². The van der Waals surface area contributed by atoms with Crippen molar-refractivity contribution in [2.45, 2.75) is 103 Å². The van der Waals surface area contributed by atoms with Gasteiger partial charge in [0.25, 0.3) is 0 Å². The Morgan fingerprint density at radius 1 is 1.12 bits per heavy atom. The third-order valence-electron chi connectivity index (χ3n) is 10.4. The van der Waals surface area contributed by atoms with Crippen molar-refractivity contribution in [3.63, 3.8) is 0 Å². The SMILES string of the molecule is CCCCC(=O)O[C@@]1(C(=O)CCl)CC[C@H]2[C@@H]3C[C@H](C)[C@@H]4CC(=O)CC[C@]4(C)[C@@]3(F)C(=O)C[C@@]21C. The van der Waals surface area contributed by atoms with E-state index in [0.29, 0.717) is 38.5 Å². The van der Waals surface area contributed by atoms with Gasteiger partial charge in [-0.1, -0.05) is 34.1 Å². The second kappa shape index (κ2) is 8.67. The van der Waals surface area contributed by atoms with E-state index in [1.54, 1.807) is 0 Å². The molecule has 0 aliphatic heterocycles. The maximum absolute atomic E-state index is 17.3. The first kappa shape index (κ1) is 25.8. The van der Waals surface area contributed by atoms with Crippen LogP contribution in [0, 0.1) is 34.5 Å². The van der Waals surface area contributed by atoms with E-state index >= 15 is 4.39 Å². The Morgan fingerprint density at radius 3 is 2.47 bits per heavy atom. The predicted molar refractivity (Wildman–Crippen MR) is 126 cm³/mol. The molecule has 0 aromatic rings. The number of ketones is 3. The number of Topliss-reactive ketones (excluding diaryl/α,β-unsaturated/α-hetero) is 3. The molecule has 4 saturated carbocycles. The maximum atomic E-state index is 17.3. The number of halogens is 2. The van der Waals surface area contributed by atoms with Gasteiger partial charge in [0.2, 0.25) is 0 Å². The van der Waals surface area contributed by atoms with Gasteiger partial charge in [0.1, 0.15) is 5.78 Å². The molecule has 5 nitrogen and oxygen atoms in total. The second-order valence-corrected chi connectivity index (χ2v) is 12.2. The Balaban J connectivity index is 1.76. The first-order valence-corrected chi connectivity index (χ1v) is 13.5. The van der Waals surface area contributed by atoms with Crippen molar-refractivity contribution < 1.29 is 28.3 Å². The molecule has 4 aliphatic carbocycles. The maximum Gasteiger partial charge on any atom is 0.306 e. The molecule has 34 heavy (non-hydrogen) atoms. The van der Waals surface area contributed by atoms with Crippen LogP contribution in [-0.4, -0.2) is 40.5 Å². The molecule has 0 saturated heterocycles. The van der Waals surface area contributed by atoms with Gasteiger partial charge >= 0.3 is 5.97 Å². The summed E-state index contributed by atoms with van der Waals surface area (Å²) in [4.78, 5) is 52.1. The number of fused-ring (bicyclic) bond motifs is 5. The highest BCUT2D eigenvalue weighted by Gasteiger charge is 2.77. The Labute approximate surface area is 206 Å². The number of alkyl halides is 2. The van der Waals surface area contributed by atoms with Crippen LogP contribution in [0.15, 0.2) is 0 Å². The van der Waals surface area contributed by atoms with Crippen molar-refractivity contribution in [2.75, 3.05) is 5.88 Å². The molecule has 7 heteroatoms. The molecule has 8 atom stereocenters. The topological polar surface area (TPSA) is 77.5 Å². The molecule has 4 fully saturated rings. The minimum absolute atomic E-state index is 0.0871. The molecule has 4 aliphatic rings. The molecule has 0 aromatic heterocycles. The fourth-order valence-electron chi connectivity index (χ4n) is 8.56. The number of carbonyl (C=O) groups excluding carboxylic acids is 4. The van der Waals surface area contributed by atoms with Crippen LogP contribution in [0.2, 0.25) is 0 Å². The number of carbonyl (C=O) groups is 4. The molecule has 0 aromatic carbocycles. The van der Waals surface area contributed by atoms with Crippen LogP contribution >= 0.6 is 11.6 Å². The van der Waals surface area contributed by atoms with E-state index < -0.39 is 39.8 Å². The Bertz CT molecular complexity index is 905. The summed E-state index contributed by atoms with van der Waals surface area (Å²) in [5.41, 5.74) is -5.43. The zero-order valence-corrected chi connectivity index (χ0v) is 21.6. The minimum atomic E-state index is -2.04. The van der Waals surface area contributed by atoms with Gasteiger partial charge in [-0.3, -0.25) is 19.2 Å². The molecular weight excluding hydrogens is 459 g/mol. The van der Waals surface area contributed by atoms with Crippen LogP contribution in [0.4, 0.5) is 4.39 Å². The molecule has 0 N–H and O–H groups in total. The average Bonchev–Trinajstić information content (AvgIpc) is 3.07.